The van der Waals surface area contributed by atoms with Gasteiger partial charge in [0.05, 0.1) is 12.8 Å². The van der Waals surface area contributed by atoms with E-state index in [2.05, 4.69) is 10.3 Å². The van der Waals surface area contributed by atoms with Crippen molar-refractivity contribution in [3.8, 4) is 0 Å². The van der Waals surface area contributed by atoms with Crippen molar-refractivity contribution in [3.05, 3.63) is 102 Å². The summed E-state index contributed by atoms with van der Waals surface area (Å²) in [5.74, 6) is -1.38. The summed E-state index contributed by atoms with van der Waals surface area (Å²) in [6, 6.07) is 17.1. The van der Waals surface area contributed by atoms with Crippen LogP contribution >= 0.6 is 0 Å². The van der Waals surface area contributed by atoms with Gasteiger partial charge in [-0.3, -0.25) is 14.6 Å². The first-order chi connectivity index (χ1) is 17.1. The molecule has 0 spiro atoms. The summed E-state index contributed by atoms with van der Waals surface area (Å²) >= 11 is 0. The summed E-state index contributed by atoms with van der Waals surface area (Å²) in [5.41, 5.74) is 2.17. The van der Waals surface area contributed by atoms with Gasteiger partial charge in [0, 0.05) is 32.0 Å². The maximum absolute atomic E-state index is 13.4. The fourth-order valence-electron chi connectivity index (χ4n) is 3.53. The molecule has 3 aromatic rings. The smallest absolute Gasteiger partial charge is 0.242 e. The van der Waals surface area contributed by atoms with Crippen molar-refractivity contribution in [2.24, 2.45) is 0 Å². The second kappa shape index (κ2) is 12.4. The van der Waals surface area contributed by atoms with E-state index in [-0.39, 0.29) is 19.6 Å². The normalized spacial score (nSPS) is 12.2. The first-order valence-electron chi connectivity index (χ1n) is 11.3. The van der Waals surface area contributed by atoms with Crippen LogP contribution in [0.25, 0.3) is 0 Å². The molecule has 10 heteroatoms. The van der Waals surface area contributed by atoms with Crippen LogP contribution in [0.2, 0.25) is 0 Å². The molecule has 0 aliphatic rings. The molecule has 0 saturated heterocycles. The number of nitrogens with one attached hydrogen (secondary N) is 1. The first-order valence-corrected chi connectivity index (χ1v) is 13.2. The molecule has 1 atom stereocenters. The number of benzene rings is 2. The average Bonchev–Trinajstić information content (AvgIpc) is 2.86. The maximum atomic E-state index is 13.4. The summed E-state index contributed by atoms with van der Waals surface area (Å²) < 4.78 is 39.5. The van der Waals surface area contributed by atoms with Gasteiger partial charge in [-0.15, -0.1) is 0 Å². The lowest BCUT2D eigenvalue weighted by Gasteiger charge is -2.31. The van der Waals surface area contributed by atoms with Gasteiger partial charge in [-0.2, -0.15) is 4.31 Å². The molecule has 1 aromatic heterocycles. The van der Waals surface area contributed by atoms with Crippen LogP contribution in [0.15, 0.2) is 79.1 Å². The highest BCUT2D eigenvalue weighted by Gasteiger charge is 2.29. The molecule has 8 nitrogen and oxygen atoms in total. The summed E-state index contributed by atoms with van der Waals surface area (Å²) in [5, 5.41) is 2.80. The van der Waals surface area contributed by atoms with Gasteiger partial charge < -0.3 is 10.2 Å². The third-order valence-corrected chi connectivity index (χ3v) is 6.83. The van der Waals surface area contributed by atoms with Gasteiger partial charge in [0.2, 0.25) is 21.8 Å². The van der Waals surface area contributed by atoms with Crippen LogP contribution in [0, 0.1) is 5.82 Å². The SMILES string of the molecule is C[C@@H](C(=O)NCc1ccncc1)N(Cc1ccc(F)cc1)C(=O)CN(Cc1ccccc1)S(C)(=O)=O. The zero-order valence-electron chi connectivity index (χ0n) is 20.2. The zero-order chi connectivity index (χ0) is 26.1. The highest BCUT2D eigenvalue weighted by Crippen LogP contribution is 2.14. The van der Waals surface area contributed by atoms with Crippen molar-refractivity contribution in [2.45, 2.75) is 32.6 Å². The van der Waals surface area contributed by atoms with E-state index >= 15 is 0 Å². The molecule has 0 aliphatic heterocycles. The highest BCUT2D eigenvalue weighted by molar-refractivity contribution is 7.88. The fourth-order valence-corrected chi connectivity index (χ4v) is 4.25. The lowest BCUT2D eigenvalue weighted by molar-refractivity contribution is -0.140. The van der Waals surface area contributed by atoms with E-state index in [4.69, 9.17) is 0 Å². The Balaban J connectivity index is 1.80. The Bertz CT molecular complexity index is 1260. The Labute approximate surface area is 210 Å². The van der Waals surface area contributed by atoms with Gasteiger partial charge in [0.15, 0.2) is 0 Å². The Kier molecular flexibility index (Phi) is 9.26. The van der Waals surface area contributed by atoms with Gasteiger partial charge in [-0.25, -0.2) is 12.8 Å². The molecular formula is C26H29FN4O4S. The van der Waals surface area contributed by atoms with Crippen LogP contribution in [0.5, 0.6) is 0 Å². The van der Waals surface area contributed by atoms with E-state index in [0.717, 1.165) is 21.7 Å². The Morgan fingerprint density at radius 1 is 0.917 bits per heavy atom. The van der Waals surface area contributed by atoms with E-state index < -0.39 is 40.2 Å². The number of carbonyl (C=O) groups is 2. The van der Waals surface area contributed by atoms with Crippen LogP contribution in [0.1, 0.15) is 23.6 Å². The van der Waals surface area contributed by atoms with Crippen molar-refractivity contribution in [2.75, 3.05) is 12.8 Å². The number of aromatic nitrogens is 1. The van der Waals surface area contributed by atoms with Crippen LogP contribution < -0.4 is 5.32 Å². The van der Waals surface area contributed by atoms with E-state index in [9.17, 15) is 22.4 Å². The van der Waals surface area contributed by atoms with Crippen molar-refractivity contribution in [1.29, 1.82) is 0 Å². The second-order valence-corrected chi connectivity index (χ2v) is 10.4. The molecule has 0 saturated carbocycles. The average molecular weight is 513 g/mol. The molecule has 1 heterocycles. The highest BCUT2D eigenvalue weighted by atomic mass is 32.2. The maximum Gasteiger partial charge on any atom is 0.242 e. The molecule has 0 bridgehead atoms. The first kappa shape index (κ1) is 27.0. The van der Waals surface area contributed by atoms with Crippen LogP contribution in [0.3, 0.4) is 0 Å². The number of halogens is 1. The Morgan fingerprint density at radius 3 is 2.14 bits per heavy atom. The van der Waals surface area contributed by atoms with Crippen LogP contribution in [0.4, 0.5) is 4.39 Å². The molecule has 2 aromatic carbocycles. The topological polar surface area (TPSA) is 99.7 Å². The van der Waals surface area contributed by atoms with Gasteiger partial charge in [-0.1, -0.05) is 42.5 Å². The number of rotatable bonds is 11. The fraction of sp³-hybridized carbons (Fsp3) is 0.269. The summed E-state index contributed by atoms with van der Waals surface area (Å²) in [7, 11) is -3.73. The largest absolute Gasteiger partial charge is 0.350 e. The van der Waals surface area contributed by atoms with Gasteiger partial charge in [0.25, 0.3) is 0 Å². The number of pyridine rings is 1. The van der Waals surface area contributed by atoms with E-state index in [1.165, 1.54) is 29.2 Å². The molecule has 0 radical (unpaired) electrons. The molecule has 0 fully saturated rings. The quantitative estimate of drug-likeness (QED) is 0.426. The predicted molar refractivity (Wildman–Crippen MR) is 134 cm³/mol. The molecule has 2 amide bonds. The number of hydrogen-bond donors (Lipinski definition) is 1. The van der Waals surface area contributed by atoms with E-state index in [1.54, 1.807) is 55.7 Å². The minimum Gasteiger partial charge on any atom is -0.350 e. The number of hydrogen-bond acceptors (Lipinski definition) is 5. The Hall–Kier alpha value is -3.63. The summed E-state index contributed by atoms with van der Waals surface area (Å²) in [6.07, 6.45) is 4.27. The molecular weight excluding hydrogens is 483 g/mol. The predicted octanol–water partition coefficient (Wildman–Crippen LogP) is 2.72. The lowest BCUT2D eigenvalue weighted by atomic mass is 10.1. The number of carbonyl (C=O) groups excluding carboxylic acids is 2. The summed E-state index contributed by atoms with van der Waals surface area (Å²) in [4.78, 5) is 31.7. The van der Waals surface area contributed by atoms with E-state index in [1.807, 2.05) is 6.07 Å². The Morgan fingerprint density at radius 2 is 1.53 bits per heavy atom. The minimum atomic E-state index is -3.73. The third-order valence-electron chi connectivity index (χ3n) is 5.63. The van der Waals surface area contributed by atoms with Gasteiger partial charge in [-0.05, 0) is 47.9 Å². The van der Waals surface area contributed by atoms with Crippen molar-refractivity contribution in [1.82, 2.24) is 19.5 Å². The van der Waals surface area contributed by atoms with Crippen LogP contribution in [-0.4, -0.2) is 53.3 Å². The molecule has 190 valence electrons. The number of sulfonamides is 1. The van der Waals surface area contributed by atoms with Crippen molar-refractivity contribution in [3.63, 3.8) is 0 Å². The molecule has 0 aliphatic carbocycles. The van der Waals surface area contributed by atoms with Crippen LogP contribution in [-0.2, 0) is 39.2 Å². The summed E-state index contributed by atoms with van der Waals surface area (Å²) in [6.45, 7) is 1.39. The number of amides is 2. The molecule has 36 heavy (non-hydrogen) atoms. The van der Waals surface area contributed by atoms with Gasteiger partial charge in [0.1, 0.15) is 11.9 Å². The van der Waals surface area contributed by atoms with Crippen molar-refractivity contribution < 1.29 is 22.4 Å². The molecule has 3 rings (SSSR count). The van der Waals surface area contributed by atoms with Gasteiger partial charge >= 0.3 is 0 Å². The lowest BCUT2D eigenvalue weighted by Crippen LogP contribution is -2.50. The standard InChI is InChI=1S/C26H29FN4O4S/c1-20(26(33)29-16-21-12-14-28-15-13-21)31(18-23-8-10-24(27)11-9-23)25(32)19-30(36(2,34)35)17-22-6-4-3-5-7-22/h3-15,20H,16-19H2,1-2H3,(H,29,33)/t20-/m0/s1. The minimum absolute atomic E-state index is 0.00585. The monoisotopic (exact) mass is 512 g/mol. The second-order valence-electron chi connectivity index (χ2n) is 8.41. The molecule has 0 unspecified atom stereocenters. The third kappa shape index (κ3) is 7.96. The zero-order valence-corrected chi connectivity index (χ0v) is 21.0. The van der Waals surface area contributed by atoms with E-state index in [0.29, 0.717) is 5.56 Å². The number of nitrogens with zero attached hydrogens (tertiary/aromatic N) is 3. The van der Waals surface area contributed by atoms with Crippen molar-refractivity contribution >= 4 is 21.8 Å². The molecule has 1 N–H and O–H groups in total.